The van der Waals surface area contributed by atoms with E-state index in [-0.39, 0.29) is 34.1 Å². The van der Waals surface area contributed by atoms with Crippen LogP contribution in [0.25, 0.3) is 11.1 Å². The van der Waals surface area contributed by atoms with E-state index in [1.165, 1.54) is 18.8 Å². The molecule has 0 atom stereocenters. The first-order valence-corrected chi connectivity index (χ1v) is 7.81. The molecular weight excluding hydrogens is 364 g/mol. The fourth-order valence-corrected chi connectivity index (χ4v) is 2.85. The van der Waals surface area contributed by atoms with E-state index < -0.39 is 23.3 Å². The lowest BCUT2D eigenvalue weighted by Crippen LogP contribution is -2.06. The monoisotopic (exact) mass is 380 g/mol. The van der Waals surface area contributed by atoms with E-state index in [1.54, 1.807) is 6.92 Å². The molecule has 0 fully saturated rings. The summed E-state index contributed by atoms with van der Waals surface area (Å²) in [5, 5.41) is 6.81. The molecule has 0 aliphatic heterocycles. The molecule has 5 nitrogen and oxygen atoms in total. The fourth-order valence-electron chi connectivity index (χ4n) is 2.85. The van der Waals surface area contributed by atoms with Crippen LogP contribution in [0, 0.1) is 30.2 Å². The van der Waals surface area contributed by atoms with Crippen LogP contribution in [0.5, 0.6) is 5.75 Å². The highest BCUT2D eigenvalue weighted by Gasteiger charge is 2.24. The van der Waals surface area contributed by atoms with Crippen LogP contribution in [0.1, 0.15) is 5.69 Å². The highest BCUT2D eigenvalue weighted by molar-refractivity contribution is 5.84. The number of aromatic nitrogens is 2. The third-order valence-corrected chi connectivity index (χ3v) is 4.05. The quantitative estimate of drug-likeness (QED) is 0.524. The lowest BCUT2D eigenvalue weighted by molar-refractivity contribution is 0.407. The highest BCUT2D eigenvalue weighted by atomic mass is 19.1. The molecule has 142 valence electrons. The molecule has 0 saturated heterocycles. The van der Waals surface area contributed by atoms with E-state index in [4.69, 9.17) is 10.5 Å². The SMILES string of the molecule is COc1cc(F)c(-c2c(C)nn(C)c2Nc2c(N)cc(F)cc2F)c(F)c1. The number of hydrogen-bond donors (Lipinski definition) is 2. The van der Waals surface area contributed by atoms with Crippen LogP contribution in [-0.2, 0) is 7.05 Å². The summed E-state index contributed by atoms with van der Waals surface area (Å²) in [6.45, 7) is 1.55. The smallest absolute Gasteiger partial charge is 0.151 e. The molecule has 0 spiro atoms. The van der Waals surface area contributed by atoms with Crippen LogP contribution < -0.4 is 15.8 Å². The molecule has 0 bridgehead atoms. The van der Waals surface area contributed by atoms with Gasteiger partial charge in [0.1, 0.15) is 29.0 Å². The van der Waals surface area contributed by atoms with Crippen molar-refractivity contribution in [1.82, 2.24) is 9.78 Å². The molecule has 9 heteroatoms. The minimum atomic E-state index is -0.951. The van der Waals surface area contributed by atoms with E-state index in [1.807, 2.05) is 0 Å². The van der Waals surface area contributed by atoms with Crippen LogP contribution >= 0.6 is 0 Å². The molecule has 2 aromatic carbocycles. The molecule has 3 N–H and O–H groups in total. The van der Waals surface area contributed by atoms with Crippen LogP contribution in [0.4, 0.5) is 34.8 Å². The van der Waals surface area contributed by atoms with Gasteiger partial charge in [0.2, 0.25) is 0 Å². The molecular formula is C18H16F4N4O. The molecule has 0 saturated carbocycles. The molecule has 0 aliphatic carbocycles. The fraction of sp³-hybridized carbons (Fsp3) is 0.167. The predicted molar refractivity (Wildman–Crippen MR) is 93.9 cm³/mol. The van der Waals surface area contributed by atoms with E-state index in [0.717, 1.165) is 18.2 Å². The Balaban J connectivity index is 2.19. The van der Waals surface area contributed by atoms with Crippen molar-refractivity contribution >= 4 is 17.2 Å². The summed E-state index contributed by atoms with van der Waals surface area (Å²) >= 11 is 0. The van der Waals surface area contributed by atoms with Gasteiger partial charge in [0.15, 0.2) is 5.82 Å². The molecule has 0 amide bonds. The summed E-state index contributed by atoms with van der Waals surface area (Å²) in [6.07, 6.45) is 0. The Morgan fingerprint density at radius 2 is 1.63 bits per heavy atom. The van der Waals surface area contributed by atoms with Crippen molar-refractivity contribution in [2.45, 2.75) is 6.92 Å². The highest BCUT2D eigenvalue weighted by Crippen LogP contribution is 2.39. The van der Waals surface area contributed by atoms with E-state index in [0.29, 0.717) is 11.8 Å². The van der Waals surface area contributed by atoms with Gasteiger partial charge in [0.25, 0.3) is 0 Å². The summed E-state index contributed by atoms with van der Waals surface area (Å²) in [7, 11) is 2.80. The third-order valence-electron chi connectivity index (χ3n) is 4.05. The number of nitrogens with two attached hydrogens (primary N) is 1. The summed E-state index contributed by atoms with van der Waals surface area (Å²) in [4.78, 5) is 0. The zero-order chi connectivity index (χ0) is 19.9. The summed E-state index contributed by atoms with van der Waals surface area (Å²) in [5.41, 5.74) is 5.27. The largest absolute Gasteiger partial charge is 0.497 e. The molecule has 0 aliphatic rings. The number of halogens is 4. The summed E-state index contributed by atoms with van der Waals surface area (Å²) < 4.78 is 62.7. The van der Waals surface area contributed by atoms with Crippen molar-refractivity contribution < 1.29 is 22.3 Å². The van der Waals surface area contributed by atoms with Crippen molar-refractivity contribution in [1.29, 1.82) is 0 Å². The Morgan fingerprint density at radius 1 is 1.00 bits per heavy atom. The topological polar surface area (TPSA) is 65.1 Å². The Morgan fingerprint density at radius 3 is 2.19 bits per heavy atom. The average Bonchev–Trinajstić information content (AvgIpc) is 2.84. The standard InChI is InChI=1S/C18H16F4N4O/c1-8-15(16-11(20)6-10(27-3)7-12(16)21)18(26(2)25-8)24-17-13(22)4-9(19)5-14(17)23/h4-7,24H,23H2,1-3H3. The number of anilines is 3. The third kappa shape index (κ3) is 3.27. The lowest BCUT2D eigenvalue weighted by atomic mass is 10.0. The van der Waals surface area contributed by atoms with Crippen molar-refractivity contribution in [2.75, 3.05) is 18.2 Å². The van der Waals surface area contributed by atoms with Gasteiger partial charge in [-0.3, -0.25) is 4.68 Å². The average molecular weight is 380 g/mol. The zero-order valence-electron chi connectivity index (χ0n) is 14.7. The molecule has 27 heavy (non-hydrogen) atoms. The van der Waals surface area contributed by atoms with Crippen LogP contribution in [0.3, 0.4) is 0 Å². The summed E-state index contributed by atoms with van der Waals surface area (Å²) in [6, 6.07) is 3.64. The lowest BCUT2D eigenvalue weighted by Gasteiger charge is -2.14. The number of nitrogens with one attached hydrogen (secondary N) is 1. The maximum absolute atomic E-state index is 14.6. The maximum Gasteiger partial charge on any atom is 0.151 e. The van der Waals surface area contributed by atoms with Gasteiger partial charge in [-0.1, -0.05) is 0 Å². The maximum atomic E-state index is 14.6. The van der Waals surface area contributed by atoms with Crippen molar-refractivity contribution in [3.05, 3.63) is 53.2 Å². The Labute approximate surface area is 152 Å². The molecule has 3 aromatic rings. The van der Waals surface area contributed by atoms with Crippen LogP contribution in [0.2, 0.25) is 0 Å². The van der Waals surface area contributed by atoms with Crippen molar-refractivity contribution in [3.63, 3.8) is 0 Å². The zero-order valence-corrected chi connectivity index (χ0v) is 14.7. The van der Waals surface area contributed by atoms with Gasteiger partial charge < -0.3 is 15.8 Å². The van der Waals surface area contributed by atoms with E-state index in [2.05, 4.69) is 10.4 Å². The number of nitrogen functional groups attached to an aromatic ring is 1. The van der Waals surface area contributed by atoms with Gasteiger partial charge in [0, 0.05) is 25.2 Å². The van der Waals surface area contributed by atoms with Gasteiger partial charge in [-0.25, -0.2) is 17.6 Å². The minimum absolute atomic E-state index is 0.0126. The van der Waals surface area contributed by atoms with Crippen molar-refractivity contribution in [2.24, 2.45) is 7.05 Å². The number of rotatable bonds is 4. The van der Waals surface area contributed by atoms with E-state index >= 15 is 0 Å². The number of ether oxygens (including phenoxy) is 1. The number of methoxy groups -OCH3 is 1. The second kappa shape index (κ2) is 6.82. The van der Waals surface area contributed by atoms with Crippen LogP contribution in [0.15, 0.2) is 24.3 Å². The molecule has 1 aromatic heterocycles. The molecule has 1 heterocycles. The van der Waals surface area contributed by atoms with Crippen LogP contribution in [-0.4, -0.2) is 16.9 Å². The predicted octanol–water partition coefficient (Wildman–Crippen LogP) is 4.29. The Kier molecular flexibility index (Phi) is 4.69. The number of nitrogens with zero attached hydrogens (tertiary/aromatic N) is 2. The van der Waals surface area contributed by atoms with Gasteiger partial charge in [-0.15, -0.1) is 0 Å². The second-order valence-electron chi connectivity index (χ2n) is 5.88. The normalized spacial score (nSPS) is 10.9. The van der Waals surface area contributed by atoms with Crippen molar-refractivity contribution in [3.8, 4) is 16.9 Å². The molecule has 0 unspecified atom stereocenters. The van der Waals surface area contributed by atoms with Gasteiger partial charge in [-0.05, 0) is 13.0 Å². The number of benzene rings is 2. The van der Waals surface area contributed by atoms with Gasteiger partial charge in [0.05, 0.1) is 35.3 Å². The Hall–Kier alpha value is -3.23. The molecule has 3 rings (SSSR count). The summed E-state index contributed by atoms with van der Waals surface area (Å²) in [5.74, 6) is -3.44. The Bertz CT molecular complexity index is 986. The van der Waals surface area contributed by atoms with Gasteiger partial charge >= 0.3 is 0 Å². The first kappa shape index (κ1) is 18.6. The van der Waals surface area contributed by atoms with E-state index in [9.17, 15) is 17.6 Å². The number of aryl methyl sites for hydroxylation is 2. The number of hydrogen-bond acceptors (Lipinski definition) is 4. The minimum Gasteiger partial charge on any atom is -0.497 e. The first-order chi connectivity index (χ1) is 12.7. The van der Waals surface area contributed by atoms with Gasteiger partial charge in [-0.2, -0.15) is 5.10 Å². The molecule has 0 radical (unpaired) electrons. The first-order valence-electron chi connectivity index (χ1n) is 7.81. The second-order valence-corrected chi connectivity index (χ2v) is 5.88.